The Morgan fingerprint density at radius 3 is 2.05 bits per heavy atom. The molecule has 0 spiro atoms. The zero-order valence-corrected chi connectivity index (χ0v) is 46.7. The lowest BCUT2D eigenvalue weighted by Crippen LogP contribution is -2.46. The van der Waals surface area contributed by atoms with Gasteiger partial charge in [-0.25, -0.2) is 21.2 Å². The van der Waals surface area contributed by atoms with Crippen molar-refractivity contribution < 1.29 is 35.1 Å². The van der Waals surface area contributed by atoms with Gasteiger partial charge in [0.25, 0.3) is 0 Å². The third-order valence-corrected chi connectivity index (χ3v) is 20.2. The summed E-state index contributed by atoms with van der Waals surface area (Å²) >= 11 is 8.06. The minimum atomic E-state index is -3.75. The van der Waals surface area contributed by atoms with E-state index in [1.807, 2.05) is 85.1 Å². The fourth-order valence-electron chi connectivity index (χ4n) is 10.3. The van der Waals surface area contributed by atoms with Crippen LogP contribution < -0.4 is 15.1 Å². The number of sulfone groups is 2. The van der Waals surface area contributed by atoms with E-state index in [4.69, 9.17) is 20.9 Å². The zero-order valence-electron chi connectivity index (χ0n) is 42.6. The van der Waals surface area contributed by atoms with Crippen LogP contribution in [0.2, 0.25) is 5.02 Å². The molecule has 2 atom stereocenters. The minimum absolute atomic E-state index is 0.0908. The number of rotatable bonds is 20. The second-order valence-corrected chi connectivity index (χ2v) is 27.4. The number of benzene rings is 5. The van der Waals surface area contributed by atoms with Gasteiger partial charge in [0, 0.05) is 101 Å². The first-order chi connectivity index (χ1) is 34.8. The molecule has 390 valence electrons. The molecule has 1 unspecified atom stereocenters. The summed E-state index contributed by atoms with van der Waals surface area (Å²) in [7, 11) is -11.0. The van der Waals surface area contributed by atoms with Crippen LogP contribution in [0.25, 0.3) is 22.4 Å². The molecule has 2 fully saturated rings. The Morgan fingerprint density at radius 1 is 0.781 bits per heavy atom. The van der Waals surface area contributed by atoms with Crippen LogP contribution in [0.1, 0.15) is 50.1 Å². The quantitative estimate of drug-likeness (QED) is 0.0537. The maximum absolute atomic E-state index is 15.8. The summed E-state index contributed by atoms with van der Waals surface area (Å²) in [4.78, 5) is 8.32. The molecule has 2 aliphatic heterocycles. The standard InChI is InChI=1S/C56H67ClFN4O7PS3/c1-7-69-70(63,51-22-17-45(53(37-51)72(5,64)65)33-43(23-24-59-29-31-68-32-30-59)39-71-52-11-9-8-10-12-52)38-42-13-20-49(21-14-42)60-25-27-61(28-26-60)50-35-46(34-48(58)36-50)54-55(44-15-18-47(57)19-16-44)62(40(2)3)41(4)56(54)73(6,66)67/h8-22,34-37,40,43H,7,23-33,38-39H2,1-6H3/t43-,70?/m0/s1. The fraction of sp³-hybridized carbons (Fsp3) is 0.393. The van der Waals surface area contributed by atoms with Crippen molar-refractivity contribution in [3.63, 3.8) is 0 Å². The van der Waals surface area contributed by atoms with Crippen molar-refractivity contribution in [3.8, 4) is 22.4 Å². The van der Waals surface area contributed by atoms with Gasteiger partial charge in [-0.15, -0.1) is 11.8 Å². The Morgan fingerprint density at radius 2 is 1.44 bits per heavy atom. The maximum Gasteiger partial charge on any atom is 0.236 e. The third kappa shape index (κ3) is 13.3. The van der Waals surface area contributed by atoms with Crippen molar-refractivity contribution in [2.45, 2.75) is 67.4 Å². The molecule has 1 aromatic heterocycles. The largest absolute Gasteiger partial charge is 0.379 e. The Balaban J connectivity index is 0.983. The number of ether oxygens (including phenoxy) is 1. The van der Waals surface area contributed by atoms with Crippen molar-refractivity contribution >= 4 is 67.1 Å². The normalized spacial score (nSPS) is 16.2. The molecule has 2 aliphatic rings. The maximum atomic E-state index is 15.8. The molecule has 2 saturated heterocycles. The van der Waals surface area contributed by atoms with Gasteiger partial charge >= 0.3 is 0 Å². The van der Waals surface area contributed by atoms with Crippen LogP contribution in [0, 0.1) is 18.7 Å². The highest BCUT2D eigenvalue weighted by Gasteiger charge is 2.32. The van der Waals surface area contributed by atoms with E-state index in [1.165, 1.54) is 29.5 Å². The van der Waals surface area contributed by atoms with Gasteiger partial charge in [-0.3, -0.25) is 9.46 Å². The second kappa shape index (κ2) is 23.6. The van der Waals surface area contributed by atoms with E-state index < -0.39 is 32.9 Å². The summed E-state index contributed by atoms with van der Waals surface area (Å²) in [6, 6.07) is 35.4. The van der Waals surface area contributed by atoms with Crippen LogP contribution in [-0.2, 0) is 46.1 Å². The molecule has 5 aromatic carbocycles. The number of morpholine rings is 1. The average Bonchev–Trinajstić information content (AvgIpc) is 3.69. The summed E-state index contributed by atoms with van der Waals surface area (Å²) in [6.07, 6.45) is 3.98. The topological polar surface area (TPSA) is 118 Å². The van der Waals surface area contributed by atoms with E-state index in [9.17, 15) is 21.4 Å². The predicted molar refractivity (Wildman–Crippen MR) is 298 cm³/mol. The number of hydrogen-bond donors (Lipinski definition) is 0. The Kier molecular flexibility index (Phi) is 17.7. The molecule has 0 bridgehead atoms. The van der Waals surface area contributed by atoms with Crippen LogP contribution in [0.4, 0.5) is 15.8 Å². The SMILES string of the molecule is CCOP(=O)(Cc1ccc(N2CCN(c3cc(F)cc(-c4c(S(C)(=O)=O)c(C)n(C(C)C)c4-c4ccc(Cl)cc4)c3)CC2)cc1)c1ccc(C[C@H](CCN2CCOCC2)CSc2ccccc2)c(S(C)(=O)=O)c1. The van der Waals surface area contributed by atoms with Crippen LogP contribution in [0.15, 0.2) is 130 Å². The minimum Gasteiger partial charge on any atom is -0.379 e. The van der Waals surface area contributed by atoms with Crippen molar-refractivity contribution in [1.82, 2.24) is 9.47 Å². The van der Waals surface area contributed by atoms with Gasteiger partial charge in [-0.2, -0.15) is 0 Å². The van der Waals surface area contributed by atoms with E-state index >= 15 is 4.39 Å². The lowest BCUT2D eigenvalue weighted by atomic mass is 9.97. The number of thioether (sulfide) groups is 1. The summed E-state index contributed by atoms with van der Waals surface area (Å²) in [5, 5.41) is 0.931. The number of aromatic nitrogens is 1. The first kappa shape index (κ1) is 54.8. The van der Waals surface area contributed by atoms with Gasteiger partial charge in [0.2, 0.25) is 7.37 Å². The monoisotopic (exact) mass is 1090 g/mol. The number of piperazine rings is 1. The van der Waals surface area contributed by atoms with Crippen molar-refractivity contribution in [2.75, 3.05) is 93.7 Å². The molecule has 0 amide bonds. The molecule has 0 aliphatic carbocycles. The zero-order chi connectivity index (χ0) is 52.1. The second-order valence-electron chi connectivity index (χ2n) is 19.5. The van der Waals surface area contributed by atoms with Gasteiger partial charge in [-0.05, 0) is 142 Å². The lowest BCUT2D eigenvalue weighted by molar-refractivity contribution is 0.0357. The molecular formula is C56H67ClFN4O7PS3. The molecule has 0 radical (unpaired) electrons. The number of anilines is 2. The van der Waals surface area contributed by atoms with E-state index in [1.54, 1.807) is 49.9 Å². The van der Waals surface area contributed by atoms with E-state index in [-0.39, 0.29) is 34.5 Å². The molecular weight excluding hydrogens is 1020 g/mol. The van der Waals surface area contributed by atoms with E-state index in [0.717, 1.165) is 67.4 Å². The van der Waals surface area contributed by atoms with Gasteiger partial charge in [-0.1, -0.05) is 60.1 Å². The van der Waals surface area contributed by atoms with Crippen molar-refractivity contribution in [3.05, 3.63) is 143 Å². The van der Waals surface area contributed by atoms with Crippen LogP contribution in [0.3, 0.4) is 0 Å². The summed E-state index contributed by atoms with van der Waals surface area (Å²) < 4.78 is 98.6. The highest BCUT2D eigenvalue weighted by Crippen LogP contribution is 2.50. The van der Waals surface area contributed by atoms with Gasteiger partial charge < -0.3 is 23.6 Å². The van der Waals surface area contributed by atoms with Crippen molar-refractivity contribution in [1.29, 1.82) is 0 Å². The predicted octanol–water partition coefficient (Wildman–Crippen LogP) is 11.5. The molecule has 17 heteroatoms. The van der Waals surface area contributed by atoms with Crippen LogP contribution >= 0.6 is 30.7 Å². The average molecular weight is 1090 g/mol. The Bertz CT molecular complexity index is 3140. The smallest absolute Gasteiger partial charge is 0.236 e. The van der Waals surface area contributed by atoms with Crippen LogP contribution in [-0.4, -0.2) is 110 Å². The Hall–Kier alpha value is -4.44. The fourth-order valence-corrected chi connectivity index (χ4v) is 15.9. The molecule has 0 N–H and O–H groups in total. The third-order valence-electron chi connectivity index (χ3n) is 13.8. The first-order valence-corrected chi connectivity index (χ1v) is 31.9. The molecule has 6 aromatic rings. The number of hydrogen-bond acceptors (Lipinski definition) is 11. The molecule has 73 heavy (non-hydrogen) atoms. The van der Waals surface area contributed by atoms with Gasteiger partial charge in [0.05, 0.1) is 41.5 Å². The van der Waals surface area contributed by atoms with E-state index in [0.29, 0.717) is 71.1 Å². The molecule has 0 saturated carbocycles. The summed E-state index contributed by atoms with van der Waals surface area (Å²) in [5.41, 5.74) is 6.14. The Labute approximate surface area is 441 Å². The van der Waals surface area contributed by atoms with Crippen molar-refractivity contribution in [2.24, 2.45) is 5.92 Å². The van der Waals surface area contributed by atoms with E-state index in [2.05, 4.69) is 26.8 Å². The highest BCUT2D eigenvalue weighted by molar-refractivity contribution is 7.99. The number of nitrogens with zero attached hydrogens (tertiary/aromatic N) is 4. The van der Waals surface area contributed by atoms with Gasteiger partial charge in [0.15, 0.2) is 19.7 Å². The molecule has 8 rings (SSSR count). The summed E-state index contributed by atoms with van der Waals surface area (Å²) in [5.74, 6) is 0.554. The van der Waals surface area contributed by atoms with Crippen LogP contribution in [0.5, 0.6) is 0 Å². The number of halogens is 2. The molecule has 11 nitrogen and oxygen atoms in total. The lowest BCUT2D eigenvalue weighted by Gasteiger charge is -2.37. The molecule has 3 heterocycles. The first-order valence-electron chi connectivity index (χ1n) is 25.0. The summed E-state index contributed by atoms with van der Waals surface area (Å²) in [6.45, 7) is 14.3. The highest BCUT2D eigenvalue weighted by atomic mass is 35.5. The van der Waals surface area contributed by atoms with Gasteiger partial charge in [0.1, 0.15) is 5.82 Å².